The molecule has 1 aromatic rings. The summed E-state index contributed by atoms with van der Waals surface area (Å²) in [6.07, 6.45) is 3.07. The van der Waals surface area contributed by atoms with Gasteiger partial charge in [0.15, 0.2) is 0 Å². The first-order valence-corrected chi connectivity index (χ1v) is 7.84. The van der Waals surface area contributed by atoms with Gasteiger partial charge in [0, 0.05) is 18.4 Å². The Hall–Kier alpha value is -2.12. The zero-order valence-corrected chi connectivity index (χ0v) is 14.4. The van der Waals surface area contributed by atoms with Gasteiger partial charge >= 0.3 is 5.97 Å². The van der Waals surface area contributed by atoms with Crippen molar-refractivity contribution in [2.75, 3.05) is 26.7 Å². The third-order valence-electron chi connectivity index (χ3n) is 2.84. The number of alkyl halides is 1. The van der Waals surface area contributed by atoms with E-state index in [4.69, 9.17) is 25.8 Å². The molecule has 0 saturated heterocycles. The molecule has 0 aromatic heterocycles. The molecule has 1 aromatic carbocycles. The fraction of sp³-hybridized carbons (Fsp3) is 0.389. The van der Waals surface area contributed by atoms with Crippen molar-refractivity contribution in [1.82, 2.24) is 0 Å². The van der Waals surface area contributed by atoms with Crippen molar-refractivity contribution in [3.63, 3.8) is 0 Å². The lowest BCUT2D eigenvalue weighted by Gasteiger charge is -2.07. The van der Waals surface area contributed by atoms with Crippen LogP contribution in [0.2, 0.25) is 0 Å². The average Bonchev–Trinajstić information content (AvgIpc) is 2.57. The predicted octanol–water partition coefficient (Wildman–Crippen LogP) is 3.67. The third-order valence-corrected chi connectivity index (χ3v) is 3.11. The van der Waals surface area contributed by atoms with E-state index in [-0.39, 0.29) is 5.57 Å². The van der Waals surface area contributed by atoms with Gasteiger partial charge in [-0.15, -0.1) is 11.6 Å². The molecule has 0 aliphatic heterocycles. The van der Waals surface area contributed by atoms with Gasteiger partial charge in [0.25, 0.3) is 0 Å². The normalized spacial score (nSPS) is 10.5. The molecule has 0 spiro atoms. The van der Waals surface area contributed by atoms with Gasteiger partial charge in [-0.05, 0) is 37.1 Å². The second-order valence-electron chi connectivity index (χ2n) is 4.52. The van der Waals surface area contributed by atoms with Crippen LogP contribution in [0.25, 0.3) is 6.08 Å². The molecule has 5 heteroatoms. The van der Waals surface area contributed by atoms with Crippen LogP contribution in [0.5, 0.6) is 11.5 Å². The third kappa shape index (κ3) is 6.66. The van der Waals surface area contributed by atoms with Gasteiger partial charge in [0.1, 0.15) is 17.1 Å². The zero-order valence-electron chi connectivity index (χ0n) is 13.6. The standard InChI is InChI=1S/C18H21ClO4/c1-4-23-18(20)15(8-6-5-7-9-19)10-14-11-16(21-2)13-17(12-14)22-3/h10-13H,4-5,7,9H2,1-3H3/b15-10+. The lowest BCUT2D eigenvalue weighted by Crippen LogP contribution is -2.06. The van der Waals surface area contributed by atoms with E-state index in [2.05, 4.69) is 11.8 Å². The highest BCUT2D eigenvalue weighted by molar-refractivity contribution is 6.17. The first kappa shape index (κ1) is 18.9. The maximum Gasteiger partial charge on any atom is 0.346 e. The highest BCUT2D eigenvalue weighted by Gasteiger charge is 2.09. The molecule has 0 aliphatic carbocycles. The Bertz CT molecular complexity index is 589. The number of unbranched alkanes of at least 4 members (excludes halogenated alkanes) is 1. The minimum Gasteiger partial charge on any atom is -0.497 e. The first-order chi connectivity index (χ1) is 11.1. The molecule has 23 heavy (non-hydrogen) atoms. The lowest BCUT2D eigenvalue weighted by atomic mass is 10.1. The van der Waals surface area contributed by atoms with E-state index in [9.17, 15) is 4.79 Å². The number of rotatable bonds is 7. The van der Waals surface area contributed by atoms with Gasteiger partial charge in [0.05, 0.1) is 20.8 Å². The van der Waals surface area contributed by atoms with Crippen LogP contribution in [-0.4, -0.2) is 32.7 Å². The van der Waals surface area contributed by atoms with E-state index < -0.39 is 5.97 Å². The van der Waals surface area contributed by atoms with Gasteiger partial charge in [0.2, 0.25) is 0 Å². The molecule has 0 saturated carbocycles. The van der Waals surface area contributed by atoms with Gasteiger partial charge in [-0.3, -0.25) is 0 Å². The van der Waals surface area contributed by atoms with Crippen molar-refractivity contribution in [3.8, 4) is 23.3 Å². The summed E-state index contributed by atoms with van der Waals surface area (Å²) in [5.74, 6) is 7.15. The Balaban J connectivity index is 3.15. The average molecular weight is 337 g/mol. The first-order valence-electron chi connectivity index (χ1n) is 7.31. The fourth-order valence-electron chi connectivity index (χ4n) is 1.75. The molecule has 0 heterocycles. The number of hydrogen-bond donors (Lipinski definition) is 0. The van der Waals surface area contributed by atoms with Crippen LogP contribution < -0.4 is 9.47 Å². The van der Waals surface area contributed by atoms with Crippen molar-refractivity contribution in [3.05, 3.63) is 29.3 Å². The van der Waals surface area contributed by atoms with E-state index in [1.807, 2.05) is 0 Å². The Labute approximate surface area is 142 Å². The fourth-order valence-corrected chi connectivity index (χ4v) is 1.88. The Morgan fingerprint density at radius 3 is 2.39 bits per heavy atom. The summed E-state index contributed by atoms with van der Waals surface area (Å²) >= 11 is 5.62. The van der Waals surface area contributed by atoms with E-state index in [1.165, 1.54) is 0 Å². The number of carbonyl (C=O) groups excluding carboxylic acids is 1. The number of benzene rings is 1. The molecule has 0 fully saturated rings. The number of hydrogen-bond acceptors (Lipinski definition) is 4. The molecule has 0 bridgehead atoms. The lowest BCUT2D eigenvalue weighted by molar-refractivity contribution is -0.137. The van der Waals surface area contributed by atoms with E-state index in [1.54, 1.807) is 45.4 Å². The molecular weight excluding hydrogens is 316 g/mol. The van der Waals surface area contributed by atoms with Gasteiger partial charge in [-0.1, -0.05) is 11.8 Å². The second-order valence-corrected chi connectivity index (χ2v) is 4.90. The molecule has 4 nitrogen and oxygen atoms in total. The van der Waals surface area contributed by atoms with Crippen LogP contribution >= 0.6 is 11.6 Å². The minimum atomic E-state index is -0.451. The summed E-state index contributed by atoms with van der Waals surface area (Å²) in [4.78, 5) is 12.0. The van der Waals surface area contributed by atoms with Crippen molar-refractivity contribution < 1.29 is 19.0 Å². The summed E-state index contributed by atoms with van der Waals surface area (Å²) in [5.41, 5.74) is 1.03. The van der Waals surface area contributed by atoms with Crippen LogP contribution in [0, 0.1) is 11.8 Å². The van der Waals surface area contributed by atoms with Crippen molar-refractivity contribution >= 4 is 23.6 Å². The summed E-state index contributed by atoms with van der Waals surface area (Å²) < 4.78 is 15.5. The maximum absolute atomic E-state index is 12.0. The second kappa shape index (κ2) is 10.6. The number of carbonyl (C=O) groups is 1. The van der Waals surface area contributed by atoms with Crippen molar-refractivity contribution in [2.45, 2.75) is 19.8 Å². The van der Waals surface area contributed by atoms with E-state index >= 15 is 0 Å². The van der Waals surface area contributed by atoms with Crippen LogP contribution in [0.1, 0.15) is 25.3 Å². The summed E-state index contributed by atoms with van der Waals surface area (Å²) in [6.45, 7) is 2.05. The number of halogens is 1. The monoisotopic (exact) mass is 336 g/mol. The zero-order chi connectivity index (χ0) is 17.1. The number of esters is 1. The van der Waals surface area contributed by atoms with Crippen LogP contribution in [-0.2, 0) is 9.53 Å². The van der Waals surface area contributed by atoms with E-state index in [0.29, 0.717) is 30.4 Å². The molecule has 0 N–H and O–H groups in total. The molecule has 124 valence electrons. The maximum atomic E-state index is 12.0. The predicted molar refractivity (Wildman–Crippen MR) is 91.9 cm³/mol. The SMILES string of the molecule is CCOC(=O)/C(C#CCCCCl)=C/c1cc(OC)cc(OC)c1. The molecule has 0 unspecified atom stereocenters. The number of ether oxygens (including phenoxy) is 3. The number of methoxy groups -OCH3 is 2. The Morgan fingerprint density at radius 2 is 1.87 bits per heavy atom. The van der Waals surface area contributed by atoms with Crippen LogP contribution in [0.15, 0.2) is 23.8 Å². The molecular formula is C18H21ClO4. The van der Waals surface area contributed by atoms with E-state index in [0.717, 1.165) is 12.0 Å². The Morgan fingerprint density at radius 1 is 1.22 bits per heavy atom. The van der Waals surface area contributed by atoms with Gasteiger partial charge in [-0.25, -0.2) is 4.79 Å². The molecule has 0 radical (unpaired) electrons. The Kier molecular flexibility index (Phi) is 8.71. The molecule has 0 atom stereocenters. The molecule has 1 rings (SSSR count). The topological polar surface area (TPSA) is 44.8 Å². The summed E-state index contributed by atoms with van der Waals surface area (Å²) in [5, 5.41) is 0. The van der Waals surface area contributed by atoms with Gasteiger partial charge in [-0.2, -0.15) is 0 Å². The van der Waals surface area contributed by atoms with Crippen LogP contribution in [0.3, 0.4) is 0 Å². The largest absolute Gasteiger partial charge is 0.497 e. The highest BCUT2D eigenvalue weighted by atomic mass is 35.5. The van der Waals surface area contributed by atoms with Crippen molar-refractivity contribution in [1.29, 1.82) is 0 Å². The highest BCUT2D eigenvalue weighted by Crippen LogP contribution is 2.24. The molecule has 0 amide bonds. The van der Waals surface area contributed by atoms with Crippen LogP contribution in [0.4, 0.5) is 0 Å². The molecule has 0 aliphatic rings. The summed E-state index contributed by atoms with van der Waals surface area (Å²) in [6, 6.07) is 5.35. The summed E-state index contributed by atoms with van der Waals surface area (Å²) in [7, 11) is 3.14. The minimum absolute atomic E-state index is 0.289. The van der Waals surface area contributed by atoms with Gasteiger partial charge < -0.3 is 14.2 Å². The van der Waals surface area contributed by atoms with Crippen molar-refractivity contribution in [2.24, 2.45) is 0 Å². The quantitative estimate of drug-likeness (QED) is 0.250. The smallest absolute Gasteiger partial charge is 0.346 e.